The largest absolute Gasteiger partial charge is 0.497 e. The van der Waals surface area contributed by atoms with Crippen LogP contribution >= 0.6 is 34.3 Å². The number of hydrogen-bond donors (Lipinski definition) is 2. The molecule has 2 aromatic heterocycles. The molecule has 352 valence electrons. The number of methoxy groups -OCH3 is 2. The van der Waals surface area contributed by atoms with Crippen molar-refractivity contribution < 1.29 is 42.8 Å². The fraction of sp³-hybridized carbons (Fsp3) is 0.438. The first-order valence-electron chi connectivity index (χ1n) is 22.2. The van der Waals surface area contributed by atoms with Crippen LogP contribution in [0.3, 0.4) is 0 Å². The van der Waals surface area contributed by atoms with Crippen LogP contribution in [0.4, 0.5) is 0 Å². The molecule has 2 aliphatic rings. The molecule has 7 rings (SSSR count). The molecule has 15 nitrogen and oxygen atoms in total. The number of benzene rings is 3. The van der Waals surface area contributed by atoms with Crippen LogP contribution in [-0.4, -0.2) is 124 Å². The van der Waals surface area contributed by atoms with Gasteiger partial charge in [-0.2, -0.15) is 0 Å². The number of aromatic nitrogens is 2. The summed E-state index contributed by atoms with van der Waals surface area (Å²) in [4.78, 5) is 53.2. The molecule has 0 unspecified atom stereocenters. The zero-order chi connectivity index (χ0) is 46.3. The Hall–Kier alpha value is -5.30. The van der Waals surface area contributed by atoms with Gasteiger partial charge in [0.15, 0.2) is 11.5 Å². The Kier molecular flexibility index (Phi) is 18.0. The Morgan fingerprint density at radius 2 is 1.29 bits per heavy atom. The molecule has 0 radical (unpaired) electrons. The quantitative estimate of drug-likeness (QED) is 0.0463. The van der Waals surface area contributed by atoms with E-state index in [4.69, 9.17) is 40.0 Å². The fourth-order valence-corrected chi connectivity index (χ4v) is 9.93. The molecule has 2 saturated heterocycles. The van der Waals surface area contributed by atoms with Crippen molar-refractivity contribution in [2.45, 2.75) is 51.2 Å². The van der Waals surface area contributed by atoms with Gasteiger partial charge in [-0.15, -0.1) is 22.7 Å². The lowest BCUT2D eigenvalue weighted by molar-refractivity contribution is 0.0503. The molecule has 0 spiro atoms. The van der Waals surface area contributed by atoms with Gasteiger partial charge in [0.1, 0.15) is 34.5 Å². The summed E-state index contributed by atoms with van der Waals surface area (Å²) < 4.78 is 33.6. The van der Waals surface area contributed by atoms with Crippen LogP contribution in [0.25, 0.3) is 0 Å². The molecule has 4 heterocycles. The number of ether oxygens (including phenoxy) is 6. The minimum atomic E-state index is -0.350. The van der Waals surface area contributed by atoms with Crippen molar-refractivity contribution in [1.29, 1.82) is 0 Å². The second kappa shape index (κ2) is 24.5. The van der Waals surface area contributed by atoms with Gasteiger partial charge < -0.3 is 48.9 Å². The topological polar surface area (TPSA) is 163 Å². The van der Waals surface area contributed by atoms with Gasteiger partial charge in [0, 0.05) is 51.1 Å². The number of hydrogen-bond acceptors (Lipinski definition) is 16. The van der Waals surface area contributed by atoms with E-state index < -0.39 is 0 Å². The summed E-state index contributed by atoms with van der Waals surface area (Å²) >= 11 is 9.72. The molecule has 2 N–H and O–H groups in total. The summed E-state index contributed by atoms with van der Waals surface area (Å²) in [6, 6.07) is 18.4. The number of halogens is 1. The van der Waals surface area contributed by atoms with Crippen molar-refractivity contribution in [3.05, 3.63) is 115 Å². The molecule has 66 heavy (non-hydrogen) atoms. The molecular weight excluding hydrogens is 904 g/mol. The Balaban J connectivity index is 0.806. The van der Waals surface area contributed by atoms with Gasteiger partial charge in [0.25, 0.3) is 5.91 Å². The highest BCUT2D eigenvalue weighted by molar-refractivity contribution is 7.14. The maximum Gasteiger partial charge on any atom is 0.349 e. The first-order chi connectivity index (χ1) is 32.2. The molecule has 3 aromatic carbocycles. The average molecular weight is 962 g/mol. The molecule has 18 heteroatoms. The number of likely N-dealkylation sites (tertiary alicyclic amines) is 2. The maximum atomic E-state index is 13.5. The van der Waals surface area contributed by atoms with E-state index in [1.165, 1.54) is 22.7 Å². The lowest BCUT2D eigenvalue weighted by Gasteiger charge is -2.18. The lowest BCUT2D eigenvalue weighted by atomic mass is 10.1. The minimum Gasteiger partial charge on any atom is -0.497 e. The van der Waals surface area contributed by atoms with Crippen LogP contribution in [0.15, 0.2) is 73.1 Å². The van der Waals surface area contributed by atoms with Crippen LogP contribution in [0, 0.1) is 0 Å². The first-order valence-corrected chi connectivity index (χ1v) is 24.3. The van der Waals surface area contributed by atoms with Crippen molar-refractivity contribution in [2.75, 3.05) is 86.3 Å². The number of carbonyl (C=O) groups is 3. The third-order valence-corrected chi connectivity index (χ3v) is 14.1. The third kappa shape index (κ3) is 13.4. The zero-order valence-corrected chi connectivity index (χ0v) is 39.9. The normalized spacial score (nSPS) is 16.2. The van der Waals surface area contributed by atoms with Crippen LogP contribution in [0.2, 0.25) is 5.02 Å². The molecule has 0 bridgehead atoms. The highest BCUT2D eigenvalue weighted by Crippen LogP contribution is 2.39. The van der Waals surface area contributed by atoms with Gasteiger partial charge >= 0.3 is 11.9 Å². The van der Waals surface area contributed by atoms with Gasteiger partial charge in [-0.3, -0.25) is 4.79 Å². The molecule has 1 amide bonds. The van der Waals surface area contributed by atoms with E-state index >= 15 is 0 Å². The summed E-state index contributed by atoms with van der Waals surface area (Å²) in [6.45, 7) is 10.0. The molecular formula is C48H57ClN6O9S2. The van der Waals surface area contributed by atoms with E-state index in [1.807, 2.05) is 48.5 Å². The maximum absolute atomic E-state index is 13.5. The second-order valence-electron chi connectivity index (χ2n) is 15.9. The Morgan fingerprint density at radius 3 is 1.86 bits per heavy atom. The monoisotopic (exact) mass is 960 g/mol. The number of amides is 1. The van der Waals surface area contributed by atoms with Gasteiger partial charge in [-0.05, 0) is 93.3 Å². The van der Waals surface area contributed by atoms with E-state index in [1.54, 1.807) is 45.7 Å². The summed E-state index contributed by atoms with van der Waals surface area (Å²) in [7, 11) is 3.23. The molecule has 0 aliphatic carbocycles. The molecule has 5 aromatic rings. The summed E-state index contributed by atoms with van der Waals surface area (Å²) in [6.07, 6.45) is 5.87. The van der Waals surface area contributed by atoms with Gasteiger partial charge in [0.2, 0.25) is 0 Å². The zero-order valence-electron chi connectivity index (χ0n) is 37.6. The number of thiazole rings is 2. The SMILES string of the molecule is CCOC(=O)c1cnc([C@@H]2CCN(CCNCCCOC(=O)c3cnc([C@@H]4CCN(CCNC(=O)c5ccc(OCc6ccc(OC)cc6)c(OCc6ccc(OC)cc6)c5Cl)C4)s3)C2)s1. The standard InChI is InChI=1S/C48H57ClN6O9S2/c1-4-61-47(57)40-26-52-45(65-40)34-16-21-54(28-34)23-19-50-18-5-25-62-48(58)41-27-53-46(66-41)35-17-22-55(29-35)24-20-51-44(56)38-14-15-39(63-30-32-6-10-36(59-2)11-7-32)43(42(38)49)64-31-33-8-12-37(60-3)13-9-33/h6-15,26-27,34-35,50H,4-5,16-25,28-31H2,1-3H3,(H,51,56)/t34-,35-/m1/s1. The van der Waals surface area contributed by atoms with Crippen molar-refractivity contribution >= 4 is 52.1 Å². The first kappa shape index (κ1) is 48.6. The highest BCUT2D eigenvalue weighted by atomic mass is 35.5. The molecule has 2 aliphatic heterocycles. The molecule has 0 saturated carbocycles. The predicted octanol–water partition coefficient (Wildman–Crippen LogP) is 7.45. The lowest BCUT2D eigenvalue weighted by Crippen LogP contribution is -2.34. The Labute approximate surface area is 398 Å². The van der Waals surface area contributed by atoms with Crippen molar-refractivity contribution in [1.82, 2.24) is 30.4 Å². The predicted molar refractivity (Wildman–Crippen MR) is 254 cm³/mol. The van der Waals surface area contributed by atoms with E-state index in [0.717, 1.165) is 91.3 Å². The number of nitrogens with one attached hydrogen (secondary N) is 2. The average Bonchev–Trinajstić information content (AvgIpc) is 4.19. The van der Waals surface area contributed by atoms with Crippen molar-refractivity contribution in [3.8, 4) is 23.0 Å². The Morgan fingerprint density at radius 1 is 0.727 bits per heavy atom. The number of carbonyl (C=O) groups excluding carboxylic acids is 3. The van der Waals surface area contributed by atoms with Crippen LogP contribution < -0.4 is 29.6 Å². The fourth-order valence-electron chi connectivity index (χ4n) is 7.76. The summed E-state index contributed by atoms with van der Waals surface area (Å²) in [5.74, 6) is 1.73. The highest BCUT2D eigenvalue weighted by Gasteiger charge is 2.29. The summed E-state index contributed by atoms with van der Waals surface area (Å²) in [5, 5.41) is 8.54. The van der Waals surface area contributed by atoms with E-state index in [9.17, 15) is 14.4 Å². The molecule has 2 fully saturated rings. The van der Waals surface area contributed by atoms with Crippen molar-refractivity contribution in [2.24, 2.45) is 0 Å². The van der Waals surface area contributed by atoms with Crippen LogP contribution in [0.1, 0.15) is 88.9 Å². The minimum absolute atomic E-state index is 0.161. The van der Waals surface area contributed by atoms with Gasteiger partial charge in [0.05, 0.1) is 60.4 Å². The Bertz CT molecular complexity index is 2360. The van der Waals surface area contributed by atoms with Gasteiger partial charge in [-0.25, -0.2) is 19.6 Å². The smallest absolute Gasteiger partial charge is 0.349 e. The van der Waals surface area contributed by atoms with Crippen LogP contribution in [-0.2, 0) is 22.7 Å². The third-order valence-electron chi connectivity index (χ3n) is 11.4. The number of esters is 2. The summed E-state index contributed by atoms with van der Waals surface area (Å²) in [5.41, 5.74) is 2.10. The number of rotatable bonds is 24. The number of nitrogens with zero attached hydrogens (tertiary/aromatic N) is 4. The van der Waals surface area contributed by atoms with Crippen molar-refractivity contribution in [3.63, 3.8) is 0 Å². The van der Waals surface area contributed by atoms with E-state index in [0.29, 0.717) is 54.1 Å². The van der Waals surface area contributed by atoms with Crippen LogP contribution in [0.5, 0.6) is 23.0 Å². The second-order valence-corrected chi connectivity index (χ2v) is 18.4. The van der Waals surface area contributed by atoms with E-state index in [-0.39, 0.29) is 53.3 Å². The van der Waals surface area contributed by atoms with E-state index in [2.05, 4.69) is 30.4 Å². The molecule has 2 atom stereocenters. The van der Waals surface area contributed by atoms with Gasteiger partial charge in [-0.1, -0.05) is 35.9 Å².